The lowest BCUT2D eigenvalue weighted by molar-refractivity contribution is 0.0603. The largest absolute Gasteiger partial charge is 0.465 e. The standard InChI is InChI=1S/C9H6BFN2O2/c1-15-9(14)5-4-12-13-7(11)3-2-6(10)8(5)13/h2-4H,1H3. The summed E-state index contributed by atoms with van der Waals surface area (Å²) in [5.41, 5.74) is 0.644. The van der Waals surface area contributed by atoms with Crippen molar-refractivity contribution in [2.24, 2.45) is 0 Å². The van der Waals surface area contributed by atoms with Gasteiger partial charge in [0.1, 0.15) is 13.4 Å². The Balaban J connectivity index is 2.79. The molecule has 2 heterocycles. The van der Waals surface area contributed by atoms with Gasteiger partial charge in [0.15, 0.2) is 0 Å². The molecule has 4 nitrogen and oxygen atoms in total. The number of aromatic nitrogens is 2. The van der Waals surface area contributed by atoms with Crippen LogP contribution in [-0.2, 0) is 4.74 Å². The second kappa shape index (κ2) is 3.38. The van der Waals surface area contributed by atoms with E-state index in [-0.39, 0.29) is 16.5 Å². The summed E-state index contributed by atoms with van der Waals surface area (Å²) in [5, 5.41) is 3.71. The van der Waals surface area contributed by atoms with Gasteiger partial charge in [0.25, 0.3) is 0 Å². The van der Waals surface area contributed by atoms with E-state index in [0.29, 0.717) is 0 Å². The fourth-order valence-corrected chi connectivity index (χ4v) is 1.36. The lowest BCUT2D eigenvalue weighted by atomic mass is 9.94. The van der Waals surface area contributed by atoms with Crippen molar-refractivity contribution in [3.05, 3.63) is 29.8 Å². The Labute approximate surface area is 86.1 Å². The number of hydrogen-bond acceptors (Lipinski definition) is 3. The third-order valence-electron chi connectivity index (χ3n) is 2.05. The van der Waals surface area contributed by atoms with Crippen LogP contribution in [0.25, 0.3) is 5.52 Å². The minimum absolute atomic E-state index is 0.148. The zero-order chi connectivity index (χ0) is 11.0. The van der Waals surface area contributed by atoms with Crippen molar-refractivity contribution in [3.63, 3.8) is 0 Å². The zero-order valence-electron chi connectivity index (χ0n) is 7.90. The molecule has 0 amide bonds. The highest BCUT2D eigenvalue weighted by Gasteiger charge is 2.15. The number of fused-ring (bicyclic) bond motifs is 1. The number of nitrogens with zero attached hydrogens (tertiary/aromatic N) is 2. The number of rotatable bonds is 1. The van der Waals surface area contributed by atoms with Gasteiger partial charge < -0.3 is 4.74 Å². The van der Waals surface area contributed by atoms with Crippen LogP contribution in [0, 0.1) is 5.95 Å². The Kier molecular flexibility index (Phi) is 2.19. The molecule has 0 saturated heterocycles. The van der Waals surface area contributed by atoms with Gasteiger partial charge in [-0.15, -0.1) is 0 Å². The first-order valence-electron chi connectivity index (χ1n) is 4.15. The van der Waals surface area contributed by atoms with Crippen LogP contribution in [0.4, 0.5) is 4.39 Å². The summed E-state index contributed by atoms with van der Waals surface area (Å²) in [4.78, 5) is 11.3. The van der Waals surface area contributed by atoms with Gasteiger partial charge in [-0.1, -0.05) is 11.5 Å². The molecule has 2 radical (unpaired) electrons. The van der Waals surface area contributed by atoms with Crippen molar-refractivity contribution in [3.8, 4) is 0 Å². The molecule has 0 unspecified atom stereocenters. The third-order valence-corrected chi connectivity index (χ3v) is 2.05. The normalized spacial score (nSPS) is 10.5. The molecule has 0 fully saturated rings. The molecule has 15 heavy (non-hydrogen) atoms. The lowest BCUT2D eigenvalue weighted by Gasteiger charge is -2.01. The molecule has 0 aliphatic rings. The number of pyridine rings is 1. The van der Waals surface area contributed by atoms with Crippen LogP contribution in [0.15, 0.2) is 18.3 Å². The average Bonchev–Trinajstić information content (AvgIpc) is 2.68. The maximum absolute atomic E-state index is 13.2. The molecular formula is C9H6BFN2O2. The fraction of sp³-hybridized carbons (Fsp3) is 0.111. The summed E-state index contributed by atoms with van der Waals surface area (Å²) in [6.45, 7) is 0. The first kappa shape index (κ1) is 9.70. The first-order valence-corrected chi connectivity index (χ1v) is 4.15. The van der Waals surface area contributed by atoms with E-state index in [1.165, 1.54) is 25.4 Å². The molecule has 2 aromatic heterocycles. The molecule has 6 heteroatoms. The number of carbonyl (C=O) groups excluding carboxylic acids is 1. The van der Waals surface area contributed by atoms with Gasteiger partial charge >= 0.3 is 5.97 Å². The van der Waals surface area contributed by atoms with Gasteiger partial charge in [-0.25, -0.2) is 9.31 Å². The van der Waals surface area contributed by atoms with Crippen LogP contribution in [0.3, 0.4) is 0 Å². The molecule has 0 atom stereocenters. The summed E-state index contributed by atoms with van der Waals surface area (Å²) >= 11 is 0. The first-order chi connectivity index (χ1) is 7.15. The topological polar surface area (TPSA) is 43.6 Å². The summed E-state index contributed by atoms with van der Waals surface area (Å²) in [6.07, 6.45) is 1.22. The van der Waals surface area contributed by atoms with Crippen molar-refractivity contribution in [2.45, 2.75) is 0 Å². The summed E-state index contributed by atoms with van der Waals surface area (Å²) in [7, 11) is 6.86. The van der Waals surface area contributed by atoms with E-state index in [0.717, 1.165) is 4.52 Å². The van der Waals surface area contributed by atoms with E-state index < -0.39 is 11.9 Å². The second-order valence-electron chi connectivity index (χ2n) is 2.92. The molecule has 0 N–H and O–H groups in total. The molecule has 0 aliphatic carbocycles. The van der Waals surface area contributed by atoms with Crippen LogP contribution < -0.4 is 5.46 Å². The van der Waals surface area contributed by atoms with Crippen LogP contribution in [0.5, 0.6) is 0 Å². The molecule has 0 aromatic carbocycles. The van der Waals surface area contributed by atoms with Crippen LogP contribution in [0.2, 0.25) is 0 Å². The van der Waals surface area contributed by atoms with E-state index in [1.54, 1.807) is 0 Å². The number of carbonyl (C=O) groups is 1. The fourth-order valence-electron chi connectivity index (χ4n) is 1.36. The quantitative estimate of drug-likeness (QED) is 0.374. The smallest absolute Gasteiger partial charge is 0.341 e. The van der Waals surface area contributed by atoms with E-state index in [4.69, 9.17) is 7.85 Å². The average molecular weight is 204 g/mol. The molecule has 2 rings (SSSR count). The van der Waals surface area contributed by atoms with Crippen molar-refractivity contribution >= 4 is 24.8 Å². The van der Waals surface area contributed by atoms with Crippen molar-refractivity contribution in [2.75, 3.05) is 7.11 Å². The predicted octanol–water partition coefficient (Wildman–Crippen LogP) is 0.0538. The Morgan fingerprint density at radius 3 is 3.00 bits per heavy atom. The monoisotopic (exact) mass is 204 g/mol. The number of esters is 1. The van der Waals surface area contributed by atoms with Gasteiger partial charge in [0.05, 0.1) is 18.8 Å². The minimum Gasteiger partial charge on any atom is -0.465 e. The third kappa shape index (κ3) is 1.38. The highest BCUT2D eigenvalue weighted by Crippen LogP contribution is 2.10. The number of ether oxygens (including phenoxy) is 1. The van der Waals surface area contributed by atoms with E-state index in [2.05, 4.69) is 9.84 Å². The van der Waals surface area contributed by atoms with Crippen LogP contribution in [0.1, 0.15) is 10.4 Å². The van der Waals surface area contributed by atoms with E-state index >= 15 is 0 Å². The second-order valence-corrected chi connectivity index (χ2v) is 2.92. The van der Waals surface area contributed by atoms with Crippen molar-refractivity contribution < 1.29 is 13.9 Å². The van der Waals surface area contributed by atoms with Gasteiger partial charge in [0.2, 0.25) is 5.95 Å². The molecule has 0 bridgehead atoms. The molecule has 74 valence electrons. The lowest BCUT2D eigenvalue weighted by Crippen LogP contribution is -2.13. The minimum atomic E-state index is -0.595. The SMILES string of the molecule is [B]c1ccc(F)n2ncc(C(=O)OC)c12. The Hall–Kier alpha value is -1.85. The molecule has 0 aliphatic heterocycles. The van der Waals surface area contributed by atoms with Crippen LogP contribution in [-0.4, -0.2) is 30.5 Å². The molecule has 0 spiro atoms. The summed E-state index contributed by atoms with van der Waals surface area (Å²) in [6, 6.07) is 2.55. The number of halogens is 1. The number of methoxy groups -OCH3 is 1. The highest BCUT2D eigenvalue weighted by atomic mass is 19.1. The van der Waals surface area contributed by atoms with Gasteiger partial charge in [-0.3, -0.25) is 0 Å². The predicted molar refractivity (Wildman–Crippen MR) is 51.9 cm³/mol. The molecule has 2 aromatic rings. The maximum atomic E-state index is 13.2. The Morgan fingerprint density at radius 1 is 1.60 bits per heavy atom. The maximum Gasteiger partial charge on any atom is 0.341 e. The van der Waals surface area contributed by atoms with E-state index in [9.17, 15) is 9.18 Å². The van der Waals surface area contributed by atoms with Crippen LogP contribution >= 0.6 is 0 Å². The van der Waals surface area contributed by atoms with Crippen molar-refractivity contribution in [1.82, 2.24) is 9.61 Å². The van der Waals surface area contributed by atoms with Gasteiger partial charge in [-0.2, -0.15) is 9.49 Å². The summed E-state index contributed by atoms with van der Waals surface area (Å²) in [5.74, 6) is -1.18. The van der Waals surface area contributed by atoms with Crippen molar-refractivity contribution in [1.29, 1.82) is 0 Å². The molecule has 0 saturated carbocycles. The summed E-state index contributed by atoms with van der Waals surface area (Å²) < 4.78 is 18.7. The molecular weight excluding hydrogens is 198 g/mol. The van der Waals surface area contributed by atoms with Gasteiger partial charge in [0, 0.05) is 0 Å². The number of hydrogen-bond donors (Lipinski definition) is 0. The Bertz CT molecular complexity index is 538. The Morgan fingerprint density at radius 2 is 2.33 bits per heavy atom. The van der Waals surface area contributed by atoms with Gasteiger partial charge in [-0.05, 0) is 6.07 Å². The zero-order valence-corrected chi connectivity index (χ0v) is 7.90. The van der Waals surface area contributed by atoms with E-state index in [1.807, 2.05) is 0 Å². The highest BCUT2D eigenvalue weighted by molar-refractivity contribution is 6.37.